The van der Waals surface area contributed by atoms with E-state index in [1.807, 2.05) is 0 Å². The number of carbonyl (C=O) groups is 1. The van der Waals surface area contributed by atoms with Crippen molar-refractivity contribution in [3.8, 4) is 5.75 Å². The molecule has 1 aliphatic heterocycles. The SMILES string of the molecule is O=C(CCOc1ccccc1F)N1CC[C@@](O)(C(F)(F)F)C1. The average molecular weight is 321 g/mol. The van der Waals surface area contributed by atoms with Crippen LogP contribution in [0.25, 0.3) is 0 Å². The Labute approximate surface area is 124 Å². The van der Waals surface area contributed by atoms with Gasteiger partial charge in [0.1, 0.15) is 0 Å². The first kappa shape index (κ1) is 16.5. The van der Waals surface area contributed by atoms with Gasteiger partial charge in [-0.1, -0.05) is 12.1 Å². The number of hydrogen-bond acceptors (Lipinski definition) is 3. The number of benzene rings is 1. The Morgan fingerprint density at radius 1 is 1.36 bits per heavy atom. The summed E-state index contributed by atoms with van der Waals surface area (Å²) in [5.74, 6) is -1.18. The van der Waals surface area contributed by atoms with Gasteiger partial charge in [0.05, 0.1) is 19.6 Å². The van der Waals surface area contributed by atoms with Crippen LogP contribution >= 0.6 is 0 Å². The van der Waals surface area contributed by atoms with Crippen LogP contribution in [0.4, 0.5) is 17.6 Å². The molecule has 1 aromatic carbocycles. The van der Waals surface area contributed by atoms with Crippen LogP contribution in [0, 0.1) is 5.82 Å². The van der Waals surface area contributed by atoms with Crippen molar-refractivity contribution in [2.75, 3.05) is 19.7 Å². The third-order valence-corrected chi connectivity index (χ3v) is 3.54. The summed E-state index contributed by atoms with van der Waals surface area (Å²) < 4.78 is 56.3. The normalized spacial score (nSPS) is 22.0. The minimum atomic E-state index is -4.77. The molecule has 1 amide bonds. The third-order valence-electron chi connectivity index (χ3n) is 3.54. The lowest BCUT2D eigenvalue weighted by Gasteiger charge is -2.25. The number of para-hydroxylation sites is 1. The fourth-order valence-corrected chi connectivity index (χ4v) is 2.21. The first-order valence-electron chi connectivity index (χ1n) is 6.67. The number of carbonyl (C=O) groups excluding carboxylic acids is 1. The summed E-state index contributed by atoms with van der Waals surface area (Å²) in [6, 6.07) is 5.62. The second kappa shape index (κ2) is 6.12. The van der Waals surface area contributed by atoms with Crippen LogP contribution in [-0.4, -0.2) is 47.4 Å². The number of hydrogen-bond donors (Lipinski definition) is 1. The first-order valence-corrected chi connectivity index (χ1v) is 6.67. The average Bonchev–Trinajstić information content (AvgIpc) is 2.84. The van der Waals surface area contributed by atoms with Crippen LogP contribution < -0.4 is 4.74 Å². The smallest absolute Gasteiger partial charge is 0.419 e. The van der Waals surface area contributed by atoms with E-state index in [0.717, 1.165) is 4.90 Å². The van der Waals surface area contributed by atoms with E-state index in [2.05, 4.69) is 0 Å². The molecule has 1 aliphatic rings. The zero-order valence-electron chi connectivity index (χ0n) is 11.6. The Bertz CT molecular complexity index is 549. The minimum Gasteiger partial charge on any atom is -0.490 e. The van der Waals surface area contributed by atoms with Gasteiger partial charge >= 0.3 is 6.18 Å². The van der Waals surface area contributed by atoms with E-state index in [1.54, 1.807) is 6.07 Å². The number of nitrogens with zero attached hydrogens (tertiary/aromatic N) is 1. The molecule has 122 valence electrons. The van der Waals surface area contributed by atoms with Gasteiger partial charge < -0.3 is 14.7 Å². The third kappa shape index (κ3) is 3.49. The quantitative estimate of drug-likeness (QED) is 0.864. The van der Waals surface area contributed by atoms with E-state index in [9.17, 15) is 27.5 Å². The van der Waals surface area contributed by atoms with Crippen molar-refractivity contribution in [3.63, 3.8) is 0 Å². The monoisotopic (exact) mass is 321 g/mol. The molecular formula is C14H15F4NO3. The summed E-state index contributed by atoms with van der Waals surface area (Å²) in [5.41, 5.74) is -2.85. The minimum absolute atomic E-state index is 0.0245. The molecule has 2 rings (SSSR count). The number of halogens is 4. The Kier molecular flexibility index (Phi) is 4.60. The van der Waals surface area contributed by atoms with Gasteiger partial charge in [-0.05, 0) is 12.1 Å². The van der Waals surface area contributed by atoms with Crippen molar-refractivity contribution < 1.29 is 32.2 Å². The molecule has 8 heteroatoms. The van der Waals surface area contributed by atoms with Crippen LogP contribution in [0.3, 0.4) is 0 Å². The maximum atomic E-state index is 13.3. The topological polar surface area (TPSA) is 49.8 Å². The van der Waals surface area contributed by atoms with Crippen molar-refractivity contribution in [1.82, 2.24) is 4.90 Å². The lowest BCUT2D eigenvalue weighted by Crippen LogP contribution is -2.48. The molecule has 1 aromatic rings. The molecule has 0 unspecified atom stereocenters. The van der Waals surface area contributed by atoms with Crippen LogP contribution in [0.2, 0.25) is 0 Å². The van der Waals surface area contributed by atoms with Crippen molar-refractivity contribution >= 4 is 5.91 Å². The fraction of sp³-hybridized carbons (Fsp3) is 0.500. The second-order valence-corrected chi connectivity index (χ2v) is 5.12. The van der Waals surface area contributed by atoms with Crippen LogP contribution in [0.1, 0.15) is 12.8 Å². The number of amides is 1. The molecule has 0 radical (unpaired) electrons. The molecular weight excluding hydrogens is 306 g/mol. The summed E-state index contributed by atoms with van der Waals surface area (Å²) in [7, 11) is 0. The predicted octanol–water partition coefficient (Wildman–Crippen LogP) is 2.12. The molecule has 1 heterocycles. The highest BCUT2D eigenvalue weighted by Gasteiger charge is 2.57. The van der Waals surface area contributed by atoms with Crippen molar-refractivity contribution in [3.05, 3.63) is 30.1 Å². The van der Waals surface area contributed by atoms with E-state index < -0.39 is 36.5 Å². The lowest BCUT2D eigenvalue weighted by molar-refractivity contribution is -0.253. The number of ether oxygens (including phenoxy) is 1. The Hall–Kier alpha value is -1.83. The summed E-state index contributed by atoms with van der Waals surface area (Å²) in [5, 5.41) is 9.49. The molecule has 4 nitrogen and oxygen atoms in total. The summed E-state index contributed by atoms with van der Waals surface area (Å²) in [6.45, 7) is -1.11. The predicted molar refractivity (Wildman–Crippen MR) is 68.7 cm³/mol. The highest BCUT2D eigenvalue weighted by atomic mass is 19.4. The zero-order valence-corrected chi connectivity index (χ0v) is 11.6. The lowest BCUT2D eigenvalue weighted by atomic mass is 10.0. The molecule has 1 N–H and O–H groups in total. The number of aliphatic hydroxyl groups is 1. The fourth-order valence-electron chi connectivity index (χ4n) is 2.21. The maximum absolute atomic E-state index is 13.3. The van der Waals surface area contributed by atoms with Crippen LogP contribution in [-0.2, 0) is 4.79 Å². The summed E-state index contributed by atoms with van der Waals surface area (Å²) in [6.07, 6.45) is -5.51. The largest absolute Gasteiger partial charge is 0.490 e. The van der Waals surface area contributed by atoms with E-state index in [0.29, 0.717) is 0 Å². The van der Waals surface area contributed by atoms with Crippen molar-refractivity contribution in [1.29, 1.82) is 0 Å². The molecule has 0 aromatic heterocycles. The van der Waals surface area contributed by atoms with Gasteiger partial charge in [0, 0.05) is 13.0 Å². The molecule has 0 bridgehead atoms. The van der Waals surface area contributed by atoms with E-state index >= 15 is 0 Å². The Morgan fingerprint density at radius 2 is 2.05 bits per heavy atom. The summed E-state index contributed by atoms with van der Waals surface area (Å²) in [4.78, 5) is 12.8. The number of alkyl halides is 3. The summed E-state index contributed by atoms with van der Waals surface area (Å²) >= 11 is 0. The first-order chi connectivity index (χ1) is 10.2. The second-order valence-electron chi connectivity index (χ2n) is 5.12. The van der Waals surface area contributed by atoms with Crippen LogP contribution in [0.15, 0.2) is 24.3 Å². The number of rotatable bonds is 4. The van der Waals surface area contributed by atoms with Gasteiger partial charge in [0.25, 0.3) is 0 Å². The van der Waals surface area contributed by atoms with Gasteiger partial charge in [-0.2, -0.15) is 13.2 Å². The highest BCUT2D eigenvalue weighted by Crippen LogP contribution is 2.37. The maximum Gasteiger partial charge on any atom is 0.419 e. The highest BCUT2D eigenvalue weighted by molar-refractivity contribution is 5.76. The molecule has 0 spiro atoms. The van der Waals surface area contributed by atoms with Crippen molar-refractivity contribution in [2.24, 2.45) is 0 Å². The Balaban J connectivity index is 1.83. The molecule has 0 aliphatic carbocycles. The Morgan fingerprint density at radius 3 is 2.64 bits per heavy atom. The molecule has 1 fully saturated rings. The molecule has 0 saturated carbocycles. The van der Waals surface area contributed by atoms with Gasteiger partial charge in [-0.25, -0.2) is 4.39 Å². The van der Waals surface area contributed by atoms with Gasteiger partial charge in [-0.3, -0.25) is 4.79 Å². The molecule has 1 atom stereocenters. The van der Waals surface area contributed by atoms with Gasteiger partial charge in [-0.15, -0.1) is 0 Å². The van der Waals surface area contributed by atoms with E-state index in [1.165, 1.54) is 18.2 Å². The van der Waals surface area contributed by atoms with Gasteiger partial charge in [0.15, 0.2) is 17.2 Å². The number of likely N-dealkylation sites (tertiary alicyclic amines) is 1. The number of β-amino-alcohol motifs (C(OH)–C–C–N with tert-alkyl or cyclic N) is 1. The van der Waals surface area contributed by atoms with Crippen LogP contribution in [0.5, 0.6) is 5.75 Å². The van der Waals surface area contributed by atoms with Gasteiger partial charge in [0.2, 0.25) is 5.91 Å². The molecule has 22 heavy (non-hydrogen) atoms. The standard InChI is InChI=1S/C14H15F4NO3/c15-10-3-1-2-4-11(10)22-8-5-12(20)19-7-6-13(21,9-19)14(16,17)18/h1-4,21H,5-9H2/t13-/m0/s1. The zero-order chi connectivity index (χ0) is 16.4. The molecule has 1 saturated heterocycles. The van der Waals surface area contributed by atoms with Crippen molar-refractivity contribution in [2.45, 2.75) is 24.6 Å². The van der Waals surface area contributed by atoms with E-state index in [4.69, 9.17) is 4.74 Å². The van der Waals surface area contributed by atoms with E-state index in [-0.39, 0.29) is 25.3 Å².